The van der Waals surface area contributed by atoms with Crippen LogP contribution in [-0.4, -0.2) is 30.2 Å². The molecule has 1 aromatic carbocycles. The van der Waals surface area contributed by atoms with Crippen LogP contribution in [0, 0.1) is 12.1 Å². The molecule has 5 nitrogen and oxygen atoms in total. The molecular formula is C17H19F3N4O+. The second kappa shape index (κ2) is 6.85. The van der Waals surface area contributed by atoms with E-state index in [0.717, 1.165) is 18.3 Å². The lowest BCUT2D eigenvalue weighted by Gasteiger charge is -2.33. The Morgan fingerprint density at radius 3 is 2.72 bits per heavy atom. The summed E-state index contributed by atoms with van der Waals surface area (Å²) in [5, 5.41) is 7.14. The Bertz CT molecular complexity index is 697. The van der Waals surface area contributed by atoms with Crippen LogP contribution < -0.4 is 10.2 Å². The van der Waals surface area contributed by atoms with Crippen LogP contribution in [0.25, 0.3) is 0 Å². The molecule has 2 aliphatic heterocycles. The Hall–Kier alpha value is -2.38. The van der Waals surface area contributed by atoms with Crippen molar-refractivity contribution in [3.8, 4) is 0 Å². The first-order chi connectivity index (χ1) is 11.9. The van der Waals surface area contributed by atoms with Gasteiger partial charge in [0.25, 0.3) is 0 Å². The minimum Gasteiger partial charge on any atom is -0.356 e. The first kappa shape index (κ1) is 17.4. The van der Waals surface area contributed by atoms with E-state index in [1.165, 1.54) is 12.1 Å². The van der Waals surface area contributed by atoms with E-state index in [1.807, 2.05) is 15.7 Å². The Morgan fingerprint density at radius 2 is 2.08 bits per heavy atom. The van der Waals surface area contributed by atoms with Crippen LogP contribution in [0.3, 0.4) is 0 Å². The molecule has 0 saturated carbocycles. The van der Waals surface area contributed by atoms with E-state index in [0.29, 0.717) is 31.7 Å². The van der Waals surface area contributed by atoms with E-state index in [9.17, 15) is 18.0 Å². The molecule has 1 amide bonds. The Balaban J connectivity index is 1.77. The summed E-state index contributed by atoms with van der Waals surface area (Å²) >= 11 is 0. The van der Waals surface area contributed by atoms with Gasteiger partial charge in [0.2, 0.25) is 5.91 Å². The number of azo groups is 2. The summed E-state index contributed by atoms with van der Waals surface area (Å²) < 4.78 is 40.1. The zero-order valence-electron chi connectivity index (χ0n) is 13.8. The van der Waals surface area contributed by atoms with Crippen molar-refractivity contribution in [3.63, 3.8) is 0 Å². The molecule has 0 spiro atoms. The molecule has 1 saturated heterocycles. The lowest BCUT2D eigenvalue weighted by molar-refractivity contribution is -0.578. The number of alkyl halides is 3. The number of benzene rings is 1. The highest BCUT2D eigenvalue weighted by molar-refractivity contribution is 5.75. The first-order valence-corrected chi connectivity index (χ1v) is 8.11. The average Bonchev–Trinajstić information content (AvgIpc) is 3.06. The van der Waals surface area contributed by atoms with Crippen molar-refractivity contribution in [3.05, 3.63) is 48.3 Å². The Labute approximate surface area is 143 Å². The summed E-state index contributed by atoms with van der Waals surface area (Å²) in [6, 6.07) is 5.09. The Morgan fingerprint density at radius 1 is 1.36 bits per heavy atom. The molecule has 0 aliphatic carbocycles. The maximum Gasteiger partial charge on any atom is 0.416 e. The summed E-state index contributed by atoms with van der Waals surface area (Å²) in [5.41, 5.74) is -0.00482. The lowest BCUT2D eigenvalue weighted by Crippen LogP contribution is -2.49. The third kappa shape index (κ3) is 3.83. The second-order valence-electron chi connectivity index (χ2n) is 6.05. The van der Waals surface area contributed by atoms with Gasteiger partial charge in [0.05, 0.1) is 17.7 Å². The number of nitrogens with zero attached hydrogens (tertiary/aromatic N) is 3. The fourth-order valence-corrected chi connectivity index (χ4v) is 2.93. The van der Waals surface area contributed by atoms with Crippen molar-refractivity contribution in [2.24, 2.45) is 11.0 Å². The van der Waals surface area contributed by atoms with Crippen molar-refractivity contribution in [2.45, 2.75) is 19.5 Å². The molecule has 0 bridgehead atoms. The smallest absolute Gasteiger partial charge is 0.356 e. The predicted octanol–water partition coefficient (Wildman–Crippen LogP) is 3.15. The standard InChI is InChI=1S/C17H19F3N4O/c1-2-15(25)21-9-12-10-23(16-7-8-22-24(16)11-12)14-5-3-13(4-6-14)17(18,19)20/h3-8,12H,2,9-11H2,1H3,(H,21,25)/q+1. The molecule has 2 heterocycles. The van der Waals surface area contributed by atoms with Crippen molar-refractivity contribution >= 4 is 11.6 Å². The van der Waals surface area contributed by atoms with Crippen molar-refractivity contribution in [1.29, 1.82) is 0 Å². The maximum atomic E-state index is 12.8. The van der Waals surface area contributed by atoms with Gasteiger partial charge in [-0.3, -0.25) is 9.69 Å². The van der Waals surface area contributed by atoms with Gasteiger partial charge in [-0.2, -0.15) is 13.2 Å². The predicted molar refractivity (Wildman–Crippen MR) is 85.5 cm³/mol. The quantitative estimate of drug-likeness (QED) is 0.847. The third-order valence-corrected chi connectivity index (χ3v) is 4.26. The summed E-state index contributed by atoms with van der Waals surface area (Å²) in [7, 11) is 0. The molecule has 1 N–H and O–H groups in total. The number of rotatable bonds is 4. The number of anilines is 1. The summed E-state index contributed by atoms with van der Waals surface area (Å²) in [5.74, 6) is 0.0949. The van der Waals surface area contributed by atoms with Crippen LogP contribution in [0.2, 0.25) is 0 Å². The van der Waals surface area contributed by atoms with Gasteiger partial charge >= 0.3 is 12.3 Å². The van der Waals surface area contributed by atoms with Gasteiger partial charge in [0.1, 0.15) is 0 Å². The number of nitrogens with one attached hydrogen (secondary N) is 1. The Kier molecular flexibility index (Phi) is 4.78. The van der Waals surface area contributed by atoms with E-state index >= 15 is 0 Å². The van der Waals surface area contributed by atoms with E-state index in [4.69, 9.17) is 0 Å². The zero-order valence-corrected chi connectivity index (χ0v) is 13.8. The molecule has 0 aromatic heterocycles. The lowest BCUT2D eigenvalue weighted by atomic mass is 10.0. The van der Waals surface area contributed by atoms with Crippen LogP contribution in [0.5, 0.6) is 0 Å². The molecule has 3 rings (SSSR count). The number of amides is 1. The number of halogens is 3. The van der Waals surface area contributed by atoms with Crippen molar-refractivity contribution in [2.75, 3.05) is 24.5 Å². The van der Waals surface area contributed by atoms with Crippen LogP contribution >= 0.6 is 0 Å². The highest BCUT2D eigenvalue weighted by Crippen LogP contribution is 2.34. The van der Waals surface area contributed by atoms with E-state index in [-0.39, 0.29) is 11.8 Å². The maximum absolute atomic E-state index is 12.8. The number of fused-ring (bicyclic) bond motifs is 1. The summed E-state index contributed by atoms with van der Waals surface area (Å²) in [6.07, 6.45) is 0.396. The van der Waals surface area contributed by atoms with Gasteiger partial charge in [0.15, 0.2) is 6.54 Å². The molecular weight excluding hydrogens is 333 g/mol. The minimum atomic E-state index is -4.35. The molecule has 8 heteroatoms. The molecule has 25 heavy (non-hydrogen) atoms. The molecule has 2 aliphatic rings. The van der Waals surface area contributed by atoms with Crippen LogP contribution in [0.15, 0.2) is 41.7 Å². The molecule has 1 unspecified atom stereocenters. The van der Waals surface area contributed by atoms with Gasteiger partial charge < -0.3 is 5.32 Å². The van der Waals surface area contributed by atoms with Crippen molar-refractivity contribution < 1.29 is 22.7 Å². The highest BCUT2D eigenvalue weighted by Gasteiger charge is 2.42. The average molecular weight is 352 g/mol. The summed E-state index contributed by atoms with van der Waals surface area (Å²) in [4.78, 5) is 13.4. The number of carbonyl (C=O) groups excluding carboxylic acids is 1. The van der Waals surface area contributed by atoms with Gasteiger partial charge in [-0.25, -0.2) is 0 Å². The fraction of sp³-hybridized carbons (Fsp3) is 0.412. The number of hydrogen-bond acceptors (Lipinski definition) is 3. The van der Waals surface area contributed by atoms with Gasteiger partial charge in [-0.05, 0) is 29.4 Å². The van der Waals surface area contributed by atoms with Crippen LogP contribution in [0.1, 0.15) is 18.9 Å². The monoisotopic (exact) mass is 352 g/mol. The van der Waals surface area contributed by atoms with Gasteiger partial charge in [-0.15, -0.1) is 0 Å². The topological polar surface area (TPSA) is 47.7 Å². The van der Waals surface area contributed by atoms with Gasteiger partial charge in [-0.1, -0.05) is 11.6 Å². The molecule has 1 radical (unpaired) electrons. The van der Waals surface area contributed by atoms with E-state index < -0.39 is 11.7 Å². The minimum absolute atomic E-state index is 0.0210. The molecule has 1 fully saturated rings. The third-order valence-electron chi connectivity index (χ3n) is 4.26. The SMILES string of the molecule is CCC(=O)NCC1CN(c2ccc(C(F)(F)F)cc2)[C]2C=CN=[N+]2C1. The molecule has 133 valence electrons. The number of carbonyl (C=O) groups is 1. The second-order valence-corrected chi connectivity index (χ2v) is 6.05. The first-order valence-electron chi connectivity index (χ1n) is 8.11. The summed E-state index contributed by atoms with van der Waals surface area (Å²) in [6.45, 7) is 3.55. The zero-order chi connectivity index (χ0) is 18.0. The fourth-order valence-electron chi connectivity index (χ4n) is 2.93. The van der Waals surface area contributed by atoms with Crippen LogP contribution in [-0.2, 0) is 11.0 Å². The van der Waals surface area contributed by atoms with Gasteiger partial charge in [0, 0.05) is 31.3 Å². The van der Waals surface area contributed by atoms with Crippen molar-refractivity contribution in [1.82, 2.24) is 5.32 Å². The van der Waals surface area contributed by atoms with Crippen LogP contribution in [0.4, 0.5) is 18.9 Å². The normalized spacial score (nSPS) is 20.4. The number of hydrogen-bond donors (Lipinski definition) is 1. The van der Waals surface area contributed by atoms with E-state index in [2.05, 4.69) is 10.4 Å². The molecule has 1 atom stereocenters. The largest absolute Gasteiger partial charge is 0.416 e. The molecule has 1 aromatic rings. The van der Waals surface area contributed by atoms with E-state index in [1.54, 1.807) is 13.1 Å². The highest BCUT2D eigenvalue weighted by atomic mass is 19.4.